The predicted molar refractivity (Wildman–Crippen MR) is 87.3 cm³/mol. The highest BCUT2D eigenvalue weighted by Crippen LogP contribution is 2.25. The zero-order valence-corrected chi connectivity index (χ0v) is 13.5. The summed E-state index contributed by atoms with van der Waals surface area (Å²) in [5.41, 5.74) is 2.52. The van der Waals surface area contributed by atoms with E-state index >= 15 is 0 Å². The normalized spacial score (nSPS) is 12.2. The van der Waals surface area contributed by atoms with Crippen molar-refractivity contribution in [1.82, 2.24) is 5.32 Å². The molecule has 0 saturated carbocycles. The molecular weight excluding hydrogens is 314 g/mol. The average molecular weight is 334 g/mol. The zero-order chi connectivity index (χ0) is 14.4. The second-order valence-electron chi connectivity index (χ2n) is 4.68. The Labute approximate surface area is 129 Å². The summed E-state index contributed by atoms with van der Waals surface area (Å²) in [5.74, 6) is 0.951. The Kier molecular flexibility index (Phi) is 5.62. The van der Waals surface area contributed by atoms with Gasteiger partial charge in [0.05, 0.1) is 7.11 Å². The molecule has 0 heterocycles. The van der Waals surface area contributed by atoms with Crippen LogP contribution in [0.1, 0.15) is 24.1 Å². The first-order valence-electron chi connectivity index (χ1n) is 6.85. The van der Waals surface area contributed by atoms with E-state index in [0.29, 0.717) is 6.04 Å². The molecule has 0 amide bonds. The fourth-order valence-corrected chi connectivity index (χ4v) is 2.61. The van der Waals surface area contributed by atoms with Crippen molar-refractivity contribution < 1.29 is 4.74 Å². The first kappa shape index (κ1) is 15.1. The third kappa shape index (κ3) is 3.84. The molecule has 0 fully saturated rings. The summed E-state index contributed by atoms with van der Waals surface area (Å²) in [6, 6.07) is 17.0. The SMILES string of the molecule is CCNC(Cc1ccccc1OC)c1ccc(Br)cc1. The first-order valence-corrected chi connectivity index (χ1v) is 7.64. The van der Waals surface area contributed by atoms with Gasteiger partial charge in [-0.1, -0.05) is 53.2 Å². The largest absolute Gasteiger partial charge is 0.496 e. The van der Waals surface area contributed by atoms with Gasteiger partial charge in [0.15, 0.2) is 0 Å². The van der Waals surface area contributed by atoms with Crippen molar-refractivity contribution in [2.24, 2.45) is 0 Å². The van der Waals surface area contributed by atoms with Gasteiger partial charge in [-0.25, -0.2) is 0 Å². The maximum Gasteiger partial charge on any atom is 0.122 e. The molecule has 1 atom stereocenters. The minimum Gasteiger partial charge on any atom is -0.496 e. The van der Waals surface area contributed by atoms with Gasteiger partial charge in [0.1, 0.15) is 5.75 Å². The van der Waals surface area contributed by atoms with Gasteiger partial charge in [-0.2, -0.15) is 0 Å². The third-order valence-electron chi connectivity index (χ3n) is 3.34. The molecule has 0 saturated heterocycles. The summed E-state index contributed by atoms with van der Waals surface area (Å²) in [5, 5.41) is 3.55. The predicted octanol–water partition coefficient (Wildman–Crippen LogP) is 4.35. The van der Waals surface area contributed by atoms with Gasteiger partial charge in [-0.15, -0.1) is 0 Å². The number of benzene rings is 2. The number of hydrogen-bond acceptors (Lipinski definition) is 2. The highest BCUT2D eigenvalue weighted by atomic mass is 79.9. The standard InChI is InChI=1S/C17H20BrNO/c1-3-19-16(13-8-10-15(18)11-9-13)12-14-6-4-5-7-17(14)20-2/h4-11,16,19H,3,12H2,1-2H3. The van der Waals surface area contributed by atoms with E-state index in [0.717, 1.165) is 23.2 Å². The van der Waals surface area contributed by atoms with Crippen LogP contribution in [0, 0.1) is 0 Å². The van der Waals surface area contributed by atoms with Crippen LogP contribution in [-0.4, -0.2) is 13.7 Å². The molecule has 0 aliphatic heterocycles. The van der Waals surface area contributed by atoms with Crippen LogP contribution in [0.15, 0.2) is 53.0 Å². The van der Waals surface area contributed by atoms with E-state index < -0.39 is 0 Å². The number of ether oxygens (including phenoxy) is 1. The van der Waals surface area contributed by atoms with Gasteiger partial charge in [0.2, 0.25) is 0 Å². The molecule has 3 heteroatoms. The number of halogens is 1. The molecule has 0 aromatic heterocycles. The van der Waals surface area contributed by atoms with Crippen LogP contribution in [0.3, 0.4) is 0 Å². The van der Waals surface area contributed by atoms with Crippen molar-refractivity contribution >= 4 is 15.9 Å². The Hall–Kier alpha value is -1.32. The van der Waals surface area contributed by atoms with E-state index in [-0.39, 0.29) is 0 Å². The summed E-state index contributed by atoms with van der Waals surface area (Å²) in [4.78, 5) is 0. The molecule has 1 N–H and O–H groups in total. The number of hydrogen-bond donors (Lipinski definition) is 1. The second-order valence-corrected chi connectivity index (χ2v) is 5.59. The second kappa shape index (κ2) is 7.46. The quantitative estimate of drug-likeness (QED) is 0.848. The molecule has 2 rings (SSSR count). The Morgan fingerprint density at radius 2 is 1.80 bits per heavy atom. The van der Waals surface area contributed by atoms with Crippen molar-refractivity contribution in [1.29, 1.82) is 0 Å². The van der Waals surface area contributed by atoms with Crippen molar-refractivity contribution in [2.45, 2.75) is 19.4 Å². The molecule has 0 aliphatic carbocycles. The van der Waals surface area contributed by atoms with Gasteiger partial charge < -0.3 is 10.1 Å². The number of para-hydroxylation sites is 1. The Balaban J connectivity index is 2.23. The topological polar surface area (TPSA) is 21.3 Å². The molecule has 2 nitrogen and oxygen atoms in total. The molecular formula is C17H20BrNO. The van der Waals surface area contributed by atoms with Gasteiger partial charge in [0.25, 0.3) is 0 Å². The molecule has 20 heavy (non-hydrogen) atoms. The lowest BCUT2D eigenvalue weighted by atomic mass is 9.98. The lowest BCUT2D eigenvalue weighted by Crippen LogP contribution is -2.23. The maximum atomic E-state index is 5.44. The van der Waals surface area contributed by atoms with Gasteiger partial charge in [0, 0.05) is 10.5 Å². The summed E-state index contributed by atoms with van der Waals surface area (Å²) in [6.45, 7) is 3.07. The van der Waals surface area contributed by atoms with Gasteiger partial charge in [-0.3, -0.25) is 0 Å². The number of likely N-dealkylation sites (N-methyl/N-ethyl adjacent to an activating group) is 1. The van der Waals surface area contributed by atoms with Crippen LogP contribution in [-0.2, 0) is 6.42 Å². The Bertz CT molecular complexity index is 539. The fraction of sp³-hybridized carbons (Fsp3) is 0.294. The van der Waals surface area contributed by atoms with Crippen LogP contribution in [0.4, 0.5) is 0 Å². The molecule has 106 valence electrons. The smallest absolute Gasteiger partial charge is 0.122 e. The van der Waals surface area contributed by atoms with E-state index in [1.165, 1.54) is 11.1 Å². The lowest BCUT2D eigenvalue weighted by Gasteiger charge is -2.20. The van der Waals surface area contributed by atoms with Gasteiger partial charge in [-0.05, 0) is 42.3 Å². The number of rotatable bonds is 6. The van der Waals surface area contributed by atoms with Crippen molar-refractivity contribution in [3.05, 3.63) is 64.1 Å². The van der Waals surface area contributed by atoms with Crippen molar-refractivity contribution in [2.75, 3.05) is 13.7 Å². The molecule has 1 unspecified atom stereocenters. The van der Waals surface area contributed by atoms with Crippen LogP contribution in [0.5, 0.6) is 5.75 Å². The molecule has 0 radical (unpaired) electrons. The molecule has 0 spiro atoms. The zero-order valence-electron chi connectivity index (χ0n) is 11.9. The van der Waals surface area contributed by atoms with Crippen molar-refractivity contribution in [3.63, 3.8) is 0 Å². The average Bonchev–Trinajstić information content (AvgIpc) is 2.48. The summed E-state index contributed by atoms with van der Waals surface area (Å²) in [7, 11) is 1.72. The number of methoxy groups -OCH3 is 1. The van der Waals surface area contributed by atoms with Crippen LogP contribution < -0.4 is 10.1 Å². The minimum atomic E-state index is 0.296. The monoisotopic (exact) mass is 333 g/mol. The maximum absolute atomic E-state index is 5.44. The van der Waals surface area contributed by atoms with Crippen LogP contribution in [0.25, 0.3) is 0 Å². The third-order valence-corrected chi connectivity index (χ3v) is 3.87. The summed E-state index contributed by atoms with van der Waals surface area (Å²) in [6.07, 6.45) is 0.916. The van der Waals surface area contributed by atoms with Crippen LogP contribution in [0.2, 0.25) is 0 Å². The lowest BCUT2D eigenvalue weighted by molar-refractivity contribution is 0.405. The van der Waals surface area contributed by atoms with Gasteiger partial charge >= 0.3 is 0 Å². The van der Waals surface area contributed by atoms with E-state index in [1.54, 1.807) is 7.11 Å². The molecule has 0 bridgehead atoms. The minimum absolute atomic E-state index is 0.296. The molecule has 0 aliphatic rings. The van der Waals surface area contributed by atoms with E-state index in [9.17, 15) is 0 Å². The summed E-state index contributed by atoms with van der Waals surface area (Å²) >= 11 is 3.48. The highest BCUT2D eigenvalue weighted by molar-refractivity contribution is 9.10. The van der Waals surface area contributed by atoms with Crippen molar-refractivity contribution in [3.8, 4) is 5.75 Å². The molecule has 2 aromatic rings. The first-order chi connectivity index (χ1) is 9.74. The Morgan fingerprint density at radius 3 is 2.45 bits per heavy atom. The Morgan fingerprint density at radius 1 is 1.10 bits per heavy atom. The number of nitrogens with one attached hydrogen (secondary N) is 1. The van der Waals surface area contributed by atoms with E-state index in [1.807, 2.05) is 12.1 Å². The van der Waals surface area contributed by atoms with Crippen LogP contribution >= 0.6 is 15.9 Å². The highest BCUT2D eigenvalue weighted by Gasteiger charge is 2.13. The summed E-state index contributed by atoms with van der Waals surface area (Å²) < 4.78 is 6.55. The van der Waals surface area contributed by atoms with E-state index in [4.69, 9.17) is 4.74 Å². The van der Waals surface area contributed by atoms with E-state index in [2.05, 4.69) is 64.6 Å². The fourth-order valence-electron chi connectivity index (χ4n) is 2.34. The molecule has 2 aromatic carbocycles.